The van der Waals surface area contributed by atoms with Crippen molar-refractivity contribution in [2.24, 2.45) is 0 Å². The van der Waals surface area contributed by atoms with E-state index < -0.39 is 8.07 Å². The Labute approximate surface area is 121 Å². The van der Waals surface area contributed by atoms with E-state index in [-0.39, 0.29) is 5.92 Å². The molecule has 19 heavy (non-hydrogen) atoms. The average molecular weight is 287 g/mol. The van der Waals surface area contributed by atoms with Crippen LogP contribution in [0.15, 0.2) is 36.4 Å². The van der Waals surface area contributed by atoms with Crippen molar-refractivity contribution >= 4 is 30.4 Å². The van der Waals surface area contributed by atoms with Gasteiger partial charge in [0.25, 0.3) is 0 Å². The average Bonchev–Trinajstić information content (AvgIpc) is 2.36. The Balaban J connectivity index is 2.51. The van der Waals surface area contributed by atoms with Gasteiger partial charge in [-0.15, -0.1) is 11.5 Å². The highest BCUT2D eigenvalue weighted by Gasteiger charge is 2.11. The topological polar surface area (TPSA) is 0 Å². The van der Waals surface area contributed by atoms with Gasteiger partial charge in [-0.2, -0.15) is 0 Å². The van der Waals surface area contributed by atoms with Crippen molar-refractivity contribution in [1.82, 2.24) is 0 Å². The summed E-state index contributed by atoms with van der Waals surface area (Å²) in [7, 11) is -1.32. The number of rotatable bonds is 1. The fraction of sp³-hybridized carbons (Fsp3) is 0.294. The molecule has 0 aromatic heterocycles. The first-order valence-electron chi connectivity index (χ1n) is 6.58. The van der Waals surface area contributed by atoms with E-state index in [1.165, 1.54) is 10.9 Å². The van der Waals surface area contributed by atoms with Gasteiger partial charge in [0.15, 0.2) is 0 Å². The van der Waals surface area contributed by atoms with Crippen LogP contribution in [0.25, 0.3) is 10.8 Å². The van der Waals surface area contributed by atoms with Crippen LogP contribution in [-0.4, -0.2) is 8.07 Å². The molecule has 1 unspecified atom stereocenters. The minimum atomic E-state index is -1.32. The molecule has 0 aliphatic rings. The SMILES string of the molecule is CC(C#C[Si](C)(C)C)c1ccc(Cl)c2ccccc12. The quantitative estimate of drug-likeness (QED) is 0.481. The van der Waals surface area contributed by atoms with Gasteiger partial charge in [0, 0.05) is 16.3 Å². The highest BCUT2D eigenvalue weighted by molar-refractivity contribution is 6.83. The Hall–Kier alpha value is -1.23. The van der Waals surface area contributed by atoms with Crippen molar-refractivity contribution < 1.29 is 0 Å². The first kappa shape index (κ1) is 14.2. The lowest BCUT2D eigenvalue weighted by molar-refractivity contribution is 1.02. The third-order valence-corrected chi connectivity index (χ3v) is 4.26. The molecule has 0 N–H and O–H groups in total. The van der Waals surface area contributed by atoms with E-state index in [0.29, 0.717) is 0 Å². The van der Waals surface area contributed by atoms with Gasteiger partial charge in [-0.1, -0.05) is 61.6 Å². The van der Waals surface area contributed by atoms with Crippen LogP contribution in [0.5, 0.6) is 0 Å². The minimum absolute atomic E-state index is 0.244. The van der Waals surface area contributed by atoms with Gasteiger partial charge in [-0.05, 0) is 23.9 Å². The predicted octanol–water partition coefficient (Wildman–Crippen LogP) is 5.48. The van der Waals surface area contributed by atoms with Crippen molar-refractivity contribution in [3.05, 3.63) is 47.0 Å². The lowest BCUT2D eigenvalue weighted by Crippen LogP contribution is -2.16. The fourth-order valence-corrected chi connectivity index (χ4v) is 2.94. The van der Waals surface area contributed by atoms with Gasteiger partial charge in [0.05, 0.1) is 0 Å². The van der Waals surface area contributed by atoms with Crippen LogP contribution in [-0.2, 0) is 0 Å². The molecule has 1 atom stereocenters. The molecule has 0 saturated heterocycles. The van der Waals surface area contributed by atoms with Gasteiger partial charge in [-0.25, -0.2) is 0 Å². The number of fused-ring (bicyclic) bond motifs is 1. The molecule has 0 saturated carbocycles. The van der Waals surface area contributed by atoms with Crippen LogP contribution in [0.1, 0.15) is 18.4 Å². The van der Waals surface area contributed by atoms with E-state index in [9.17, 15) is 0 Å². The molecule has 0 aliphatic carbocycles. The van der Waals surface area contributed by atoms with Gasteiger partial charge < -0.3 is 0 Å². The second kappa shape index (κ2) is 5.41. The molecule has 0 nitrogen and oxygen atoms in total. The van der Waals surface area contributed by atoms with E-state index in [0.717, 1.165) is 10.4 Å². The van der Waals surface area contributed by atoms with Gasteiger partial charge in [-0.3, -0.25) is 0 Å². The maximum atomic E-state index is 6.25. The fourth-order valence-electron chi connectivity index (χ4n) is 2.07. The lowest BCUT2D eigenvalue weighted by atomic mass is 9.95. The Morgan fingerprint density at radius 2 is 1.63 bits per heavy atom. The largest absolute Gasteiger partial charge is 0.131 e. The van der Waals surface area contributed by atoms with E-state index in [1.54, 1.807) is 0 Å². The van der Waals surface area contributed by atoms with E-state index in [1.807, 2.05) is 12.1 Å². The molecule has 2 rings (SSSR count). The number of halogens is 1. The van der Waals surface area contributed by atoms with Crippen LogP contribution in [0.3, 0.4) is 0 Å². The zero-order chi connectivity index (χ0) is 14.0. The summed E-state index contributed by atoms with van der Waals surface area (Å²) in [5.41, 5.74) is 4.72. The summed E-state index contributed by atoms with van der Waals surface area (Å²) in [5, 5.41) is 3.14. The first-order chi connectivity index (χ1) is 8.88. The van der Waals surface area contributed by atoms with Crippen LogP contribution in [0.4, 0.5) is 0 Å². The molecular formula is C17H19ClSi. The zero-order valence-corrected chi connectivity index (χ0v) is 13.7. The van der Waals surface area contributed by atoms with Gasteiger partial charge >= 0.3 is 0 Å². The van der Waals surface area contributed by atoms with Gasteiger partial charge in [0.2, 0.25) is 0 Å². The third-order valence-electron chi connectivity index (χ3n) is 3.03. The lowest BCUT2D eigenvalue weighted by Gasteiger charge is -2.12. The Morgan fingerprint density at radius 1 is 1.00 bits per heavy atom. The summed E-state index contributed by atoms with van der Waals surface area (Å²) in [6.07, 6.45) is 0. The normalized spacial score (nSPS) is 12.9. The van der Waals surface area contributed by atoms with Crippen molar-refractivity contribution in [2.75, 3.05) is 0 Å². The molecule has 2 aromatic carbocycles. The monoisotopic (exact) mass is 286 g/mol. The van der Waals surface area contributed by atoms with Crippen molar-refractivity contribution in [3.63, 3.8) is 0 Å². The summed E-state index contributed by atoms with van der Waals surface area (Å²) < 4.78 is 0. The summed E-state index contributed by atoms with van der Waals surface area (Å²) in [6.45, 7) is 8.98. The molecule has 0 amide bonds. The smallest absolute Gasteiger partial charge is 0.129 e. The van der Waals surface area contributed by atoms with Gasteiger partial charge in [0.1, 0.15) is 8.07 Å². The Bertz CT molecular complexity index is 656. The van der Waals surface area contributed by atoms with Crippen molar-refractivity contribution in [3.8, 4) is 11.5 Å². The first-order valence-corrected chi connectivity index (χ1v) is 10.5. The predicted molar refractivity (Wildman–Crippen MR) is 88.5 cm³/mol. The molecule has 0 spiro atoms. The molecule has 0 radical (unpaired) electrons. The summed E-state index contributed by atoms with van der Waals surface area (Å²) in [5.74, 6) is 3.66. The van der Waals surface area contributed by atoms with Crippen LogP contribution < -0.4 is 0 Å². The minimum Gasteiger partial charge on any atom is -0.131 e. The Morgan fingerprint density at radius 3 is 2.26 bits per heavy atom. The van der Waals surface area contributed by atoms with Crippen LogP contribution >= 0.6 is 11.6 Å². The molecule has 0 aliphatic heterocycles. The second-order valence-corrected chi connectivity index (χ2v) is 11.1. The molecule has 2 aromatic rings. The van der Waals surface area contributed by atoms with Crippen molar-refractivity contribution in [1.29, 1.82) is 0 Å². The van der Waals surface area contributed by atoms with Crippen LogP contribution in [0, 0.1) is 11.5 Å². The molecular weight excluding hydrogens is 268 g/mol. The number of hydrogen-bond donors (Lipinski definition) is 0. The van der Waals surface area contributed by atoms with Crippen LogP contribution in [0.2, 0.25) is 24.7 Å². The third kappa shape index (κ3) is 3.41. The highest BCUT2D eigenvalue weighted by atomic mass is 35.5. The zero-order valence-electron chi connectivity index (χ0n) is 11.9. The highest BCUT2D eigenvalue weighted by Crippen LogP contribution is 2.30. The Kier molecular flexibility index (Phi) is 4.04. The molecule has 0 heterocycles. The van der Waals surface area contributed by atoms with E-state index in [2.05, 4.69) is 62.3 Å². The standard InChI is InChI=1S/C17H19ClSi/c1-13(11-12-19(2,3)4)14-9-10-17(18)16-8-6-5-7-15(14)16/h5-10,13H,1-4H3. The van der Waals surface area contributed by atoms with E-state index in [4.69, 9.17) is 11.6 Å². The number of hydrogen-bond acceptors (Lipinski definition) is 0. The maximum absolute atomic E-state index is 6.25. The maximum Gasteiger partial charge on any atom is 0.129 e. The summed E-state index contributed by atoms with van der Waals surface area (Å²) >= 11 is 6.25. The molecule has 98 valence electrons. The molecule has 0 fully saturated rings. The second-order valence-electron chi connectivity index (χ2n) is 5.92. The molecule has 0 bridgehead atoms. The van der Waals surface area contributed by atoms with Crippen molar-refractivity contribution in [2.45, 2.75) is 32.5 Å². The summed E-state index contributed by atoms with van der Waals surface area (Å²) in [6, 6.07) is 12.4. The van der Waals surface area contributed by atoms with E-state index >= 15 is 0 Å². The molecule has 2 heteroatoms. The number of benzene rings is 2. The summed E-state index contributed by atoms with van der Waals surface area (Å²) in [4.78, 5) is 0.